The molecule has 1 amide bonds. The number of nitrogens with zero attached hydrogens (tertiary/aromatic N) is 3. The highest BCUT2D eigenvalue weighted by Gasteiger charge is 2.35. The molecule has 188 valence electrons. The van der Waals surface area contributed by atoms with Crippen molar-refractivity contribution in [2.75, 3.05) is 19.8 Å². The summed E-state index contributed by atoms with van der Waals surface area (Å²) in [5.74, 6) is 1.54. The van der Waals surface area contributed by atoms with E-state index >= 15 is 0 Å². The summed E-state index contributed by atoms with van der Waals surface area (Å²) < 4.78 is 17.5. The summed E-state index contributed by atoms with van der Waals surface area (Å²) in [6, 6.07) is 13.2. The lowest BCUT2D eigenvalue weighted by molar-refractivity contribution is -0.114. The number of benzene rings is 2. The molecule has 0 saturated carbocycles. The molecule has 0 radical (unpaired) electrons. The van der Waals surface area contributed by atoms with Crippen LogP contribution in [0.25, 0.3) is 6.08 Å². The fourth-order valence-electron chi connectivity index (χ4n) is 3.65. The molecular weight excluding hydrogens is 476 g/mol. The van der Waals surface area contributed by atoms with Crippen molar-refractivity contribution in [2.45, 2.75) is 40.0 Å². The third-order valence-corrected chi connectivity index (χ3v) is 6.48. The number of carbonyl (C=O) groups excluding carboxylic acids is 1. The first-order valence-electron chi connectivity index (χ1n) is 12.1. The van der Waals surface area contributed by atoms with Crippen molar-refractivity contribution >= 4 is 39.8 Å². The molecule has 2 aromatic rings. The third-order valence-electron chi connectivity index (χ3n) is 5.51. The van der Waals surface area contributed by atoms with Crippen LogP contribution in [0.4, 0.5) is 0 Å². The number of thioether (sulfide) groups is 1. The minimum Gasteiger partial charge on any atom is -0.490 e. The average molecular weight is 507 g/mol. The fourth-order valence-corrected chi connectivity index (χ4v) is 4.58. The molecule has 1 N–H and O–H groups in total. The summed E-state index contributed by atoms with van der Waals surface area (Å²) in [7, 11) is 0. The molecule has 0 fully saturated rings. The van der Waals surface area contributed by atoms with E-state index in [1.807, 2.05) is 44.2 Å². The van der Waals surface area contributed by atoms with E-state index < -0.39 is 5.91 Å². The monoisotopic (exact) mass is 506 g/mol. The zero-order chi connectivity index (χ0) is 25.5. The molecule has 0 bridgehead atoms. The summed E-state index contributed by atoms with van der Waals surface area (Å²) >= 11 is 1.36. The maximum atomic E-state index is 12.7. The number of carbonyl (C=O) groups is 1. The van der Waals surface area contributed by atoms with E-state index in [-0.39, 0.29) is 11.4 Å². The number of para-hydroxylation sites is 1. The number of unbranched alkanes of at least 4 members (excludes halogenated alkanes) is 1. The predicted molar refractivity (Wildman–Crippen MR) is 144 cm³/mol. The lowest BCUT2D eigenvalue weighted by Crippen LogP contribution is -2.35. The normalized spacial score (nSPS) is 16.1. The predicted octanol–water partition coefficient (Wildman–Crippen LogP) is 5.66. The minimum absolute atomic E-state index is 0.0237. The van der Waals surface area contributed by atoms with Crippen LogP contribution in [0.1, 0.15) is 44.2 Å². The summed E-state index contributed by atoms with van der Waals surface area (Å²) in [5.41, 5.74) is 1.96. The maximum Gasteiger partial charge on any atom is 0.283 e. The van der Waals surface area contributed by atoms with Gasteiger partial charge >= 0.3 is 0 Å². The smallest absolute Gasteiger partial charge is 0.283 e. The second-order valence-electron chi connectivity index (χ2n) is 8.22. The van der Waals surface area contributed by atoms with Gasteiger partial charge in [0.05, 0.1) is 12.2 Å². The van der Waals surface area contributed by atoms with Crippen LogP contribution in [0.3, 0.4) is 0 Å². The van der Waals surface area contributed by atoms with Gasteiger partial charge in [-0.15, -0.1) is 0 Å². The van der Waals surface area contributed by atoms with Crippen molar-refractivity contribution in [3.63, 3.8) is 0 Å². The Morgan fingerprint density at radius 3 is 2.56 bits per heavy atom. The maximum absolute atomic E-state index is 12.7. The molecule has 0 unspecified atom stereocenters. The van der Waals surface area contributed by atoms with Gasteiger partial charge in [-0.1, -0.05) is 37.6 Å². The van der Waals surface area contributed by atoms with Crippen molar-refractivity contribution in [1.82, 2.24) is 5.01 Å². The number of nitrogens with one attached hydrogen (secondary N) is 1. The van der Waals surface area contributed by atoms with Crippen molar-refractivity contribution in [1.29, 1.82) is 5.41 Å². The van der Waals surface area contributed by atoms with Crippen LogP contribution >= 0.6 is 11.8 Å². The number of ether oxygens (including phenoxy) is 3. The van der Waals surface area contributed by atoms with Crippen molar-refractivity contribution in [3.8, 4) is 17.2 Å². The Kier molecular flexibility index (Phi) is 8.43. The van der Waals surface area contributed by atoms with Gasteiger partial charge in [-0.2, -0.15) is 15.1 Å². The van der Waals surface area contributed by atoms with Crippen molar-refractivity contribution in [2.24, 2.45) is 10.1 Å². The number of hydrogen-bond acceptors (Lipinski definition) is 7. The topological polar surface area (TPSA) is 96.6 Å². The Labute approximate surface area is 215 Å². The molecule has 0 spiro atoms. The summed E-state index contributed by atoms with van der Waals surface area (Å²) in [5, 5.41) is 15.8. The van der Waals surface area contributed by atoms with Crippen LogP contribution in [-0.2, 0) is 4.79 Å². The fraction of sp³-hybridized carbons (Fsp3) is 0.333. The molecule has 2 aliphatic heterocycles. The second-order valence-corrected chi connectivity index (χ2v) is 9.26. The Morgan fingerprint density at radius 2 is 1.81 bits per heavy atom. The van der Waals surface area contributed by atoms with Crippen molar-refractivity contribution in [3.05, 3.63) is 59.2 Å². The molecule has 0 atom stereocenters. The molecule has 36 heavy (non-hydrogen) atoms. The zero-order valence-electron chi connectivity index (χ0n) is 20.7. The molecule has 2 heterocycles. The van der Waals surface area contributed by atoms with Gasteiger partial charge in [0.15, 0.2) is 17.3 Å². The summed E-state index contributed by atoms with van der Waals surface area (Å²) in [6.45, 7) is 7.21. The van der Waals surface area contributed by atoms with Crippen LogP contribution in [-0.4, -0.2) is 46.8 Å². The number of fused-ring (bicyclic) bond motifs is 1. The van der Waals surface area contributed by atoms with Gasteiger partial charge in [0.2, 0.25) is 5.17 Å². The zero-order valence-corrected chi connectivity index (χ0v) is 21.6. The number of amidine groups is 2. The third kappa shape index (κ3) is 5.96. The van der Waals surface area contributed by atoms with E-state index in [0.717, 1.165) is 35.6 Å². The highest BCUT2D eigenvalue weighted by Crippen LogP contribution is 2.32. The van der Waals surface area contributed by atoms with E-state index in [4.69, 9.17) is 19.6 Å². The van der Waals surface area contributed by atoms with E-state index in [9.17, 15) is 4.79 Å². The molecule has 0 saturated heterocycles. The van der Waals surface area contributed by atoms with Gasteiger partial charge in [-0.3, -0.25) is 10.2 Å². The number of hydrazone groups is 1. The van der Waals surface area contributed by atoms with E-state index in [2.05, 4.69) is 17.0 Å². The summed E-state index contributed by atoms with van der Waals surface area (Å²) in [6.07, 6.45) is 4.51. The van der Waals surface area contributed by atoms with Gasteiger partial charge < -0.3 is 14.2 Å². The molecule has 2 aliphatic rings. The van der Waals surface area contributed by atoms with Crippen LogP contribution in [0.15, 0.2) is 58.1 Å². The quantitative estimate of drug-likeness (QED) is 0.312. The minimum atomic E-state index is -0.447. The molecule has 0 aliphatic carbocycles. The Morgan fingerprint density at radius 1 is 1.03 bits per heavy atom. The first kappa shape index (κ1) is 25.5. The standard InChI is InChI=1S/C27H30N4O4S/c1-4-6-11-24-30-31-25(28)20(26(32)29-27(31)36-24)16-19-12-13-22(23(17-19)33-5-2)35-15-14-34-21-10-8-7-9-18(21)3/h7-10,12-13,16-17,28H,4-6,11,14-15H2,1-3H3/b20-16-,28-25?. The molecule has 0 aromatic heterocycles. The van der Waals surface area contributed by atoms with Crippen LogP contribution < -0.4 is 14.2 Å². The number of aliphatic imine (C=N–C) groups is 1. The van der Waals surface area contributed by atoms with E-state index in [1.165, 1.54) is 16.8 Å². The summed E-state index contributed by atoms with van der Waals surface area (Å²) in [4.78, 5) is 16.9. The van der Waals surface area contributed by atoms with Gasteiger partial charge in [-0.05, 0) is 73.9 Å². The molecule has 8 nitrogen and oxygen atoms in total. The Balaban J connectivity index is 1.46. The highest BCUT2D eigenvalue weighted by atomic mass is 32.2. The first-order chi connectivity index (χ1) is 17.5. The number of amides is 1. The second kappa shape index (κ2) is 11.9. The van der Waals surface area contributed by atoms with Gasteiger partial charge in [0.25, 0.3) is 5.91 Å². The van der Waals surface area contributed by atoms with Gasteiger partial charge in [-0.25, -0.2) is 0 Å². The highest BCUT2D eigenvalue weighted by molar-refractivity contribution is 8.26. The molecular formula is C27H30N4O4S. The van der Waals surface area contributed by atoms with Crippen LogP contribution in [0, 0.1) is 12.3 Å². The van der Waals surface area contributed by atoms with Crippen LogP contribution in [0.5, 0.6) is 17.2 Å². The Hall–Kier alpha value is -3.59. The number of hydrogen-bond donors (Lipinski definition) is 1. The Bertz CT molecular complexity index is 1240. The first-order valence-corrected chi connectivity index (χ1v) is 12.9. The van der Waals surface area contributed by atoms with E-state index in [0.29, 0.717) is 42.1 Å². The number of rotatable bonds is 11. The largest absolute Gasteiger partial charge is 0.490 e. The van der Waals surface area contributed by atoms with Crippen LogP contribution in [0.2, 0.25) is 0 Å². The molecule has 2 aromatic carbocycles. The van der Waals surface area contributed by atoms with Gasteiger partial charge in [0, 0.05) is 0 Å². The average Bonchev–Trinajstić information content (AvgIpc) is 3.28. The lowest BCUT2D eigenvalue weighted by atomic mass is 10.1. The lowest BCUT2D eigenvalue weighted by Gasteiger charge is -2.20. The van der Waals surface area contributed by atoms with Crippen molar-refractivity contribution < 1.29 is 19.0 Å². The SMILES string of the molecule is CCCCC1=NN2C(=N)/C(=C/c3ccc(OCCOc4ccccc4C)c(OCC)c3)C(=O)N=C2S1. The van der Waals surface area contributed by atoms with Gasteiger partial charge in [0.1, 0.15) is 24.0 Å². The molecule has 9 heteroatoms. The number of aryl methyl sites for hydroxylation is 1. The van der Waals surface area contributed by atoms with E-state index in [1.54, 1.807) is 18.2 Å². The molecule has 4 rings (SSSR count).